The minimum absolute atomic E-state index is 0.0629. The number of rotatable bonds is 5. The average Bonchev–Trinajstić information content (AvgIpc) is 2.84. The first kappa shape index (κ1) is 14.7. The van der Waals surface area contributed by atoms with Crippen LogP contribution in [0.3, 0.4) is 0 Å². The number of carbonyl (C=O) groups is 1. The second kappa shape index (κ2) is 6.19. The first-order valence-corrected chi connectivity index (χ1v) is 6.29. The quantitative estimate of drug-likeness (QED) is 0.778. The maximum Gasteiger partial charge on any atom is 0.234 e. The van der Waals surface area contributed by atoms with Gasteiger partial charge in [-0.2, -0.15) is 4.98 Å². The van der Waals surface area contributed by atoms with Gasteiger partial charge < -0.3 is 9.26 Å². The Morgan fingerprint density at radius 3 is 2.90 bits per heavy atom. The van der Waals surface area contributed by atoms with Crippen molar-refractivity contribution in [3.63, 3.8) is 0 Å². The second-order valence-electron chi connectivity index (χ2n) is 3.88. The minimum atomic E-state index is -1.04. The van der Waals surface area contributed by atoms with Crippen LogP contribution in [0.4, 0.5) is 8.78 Å². The molecule has 0 N–H and O–H groups in total. The summed E-state index contributed by atoms with van der Waals surface area (Å²) in [5, 5.41) is 3.63. The summed E-state index contributed by atoms with van der Waals surface area (Å²) in [4.78, 5) is 15.3. The van der Waals surface area contributed by atoms with Crippen molar-refractivity contribution in [2.75, 3.05) is 13.7 Å². The minimum Gasteiger partial charge on any atom is -0.377 e. The highest BCUT2D eigenvalue weighted by molar-refractivity contribution is 9.10. The molecule has 2 aromatic rings. The van der Waals surface area contributed by atoms with Gasteiger partial charge in [0.25, 0.3) is 0 Å². The van der Waals surface area contributed by atoms with Gasteiger partial charge in [0.15, 0.2) is 17.4 Å². The maximum atomic E-state index is 13.4. The molecule has 0 atom stereocenters. The van der Waals surface area contributed by atoms with E-state index in [0.29, 0.717) is 0 Å². The van der Waals surface area contributed by atoms with Crippen LogP contribution >= 0.6 is 15.9 Å². The van der Waals surface area contributed by atoms with Crippen molar-refractivity contribution >= 4 is 21.7 Å². The summed E-state index contributed by atoms with van der Waals surface area (Å²) in [5.74, 6) is -2.11. The van der Waals surface area contributed by atoms with Crippen LogP contribution in [-0.4, -0.2) is 29.6 Å². The molecular weight excluding hydrogens is 338 g/mol. The van der Waals surface area contributed by atoms with Crippen LogP contribution in [0.15, 0.2) is 21.1 Å². The van der Waals surface area contributed by atoms with E-state index >= 15 is 0 Å². The van der Waals surface area contributed by atoms with Gasteiger partial charge in [-0.05, 0) is 28.1 Å². The molecule has 0 spiro atoms. The summed E-state index contributed by atoms with van der Waals surface area (Å²) < 4.78 is 35.9. The first-order chi connectivity index (χ1) is 9.52. The van der Waals surface area contributed by atoms with Crippen LogP contribution in [-0.2, 0) is 16.0 Å². The third-order valence-corrected chi connectivity index (χ3v) is 3.17. The van der Waals surface area contributed by atoms with Crippen molar-refractivity contribution in [3.05, 3.63) is 34.1 Å². The number of benzene rings is 1. The zero-order chi connectivity index (χ0) is 14.7. The smallest absolute Gasteiger partial charge is 0.234 e. The number of Topliss-reactive ketones (excluding diaryl/α,β-unsaturated/α-hetero) is 1. The number of carbonyl (C=O) groups excluding carboxylic acids is 1. The Hall–Kier alpha value is -1.67. The molecule has 0 bridgehead atoms. The Balaban J connectivity index is 2.25. The Bertz CT molecular complexity index is 646. The van der Waals surface area contributed by atoms with Crippen LogP contribution in [0.5, 0.6) is 0 Å². The van der Waals surface area contributed by atoms with Gasteiger partial charge in [-0.3, -0.25) is 4.79 Å². The van der Waals surface area contributed by atoms with E-state index in [1.54, 1.807) is 0 Å². The number of methoxy groups -OCH3 is 1. The first-order valence-electron chi connectivity index (χ1n) is 5.50. The van der Waals surface area contributed by atoms with Crippen LogP contribution in [0.25, 0.3) is 11.4 Å². The highest BCUT2D eigenvalue weighted by Gasteiger charge is 2.18. The molecular formula is C12H9BrF2N2O3. The molecule has 1 aromatic carbocycles. The fourth-order valence-electron chi connectivity index (χ4n) is 1.52. The summed E-state index contributed by atoms with van der Waals surface area (Å²) >= 11 is 2.93. The summed E-state index contributed by atoms with van der Waals surface area (Å²) in [7, 11) is 1.40. The molecule has 2 rings (SSSR count). The van der Waals surface area contributed by atoms with Gasteiger partial charge in [-0.1, -0.05) is 5.16 Å². The normalized spacial score (nSPS) is 10.8. The molecule has 0 unspecified atom stereocenters. The predicted molar refractivity (Wildman–Crippen MR) is 67.9 cm³/mol. The molecule has 106 valence electrons. The molecule has 5 nitrogen and oxygen atoms in total. The number of hydrogen-bond acceptors (Lipinski definition) is 5. The Morgan fingerprint density at radius 1 is 1.45 bits per heavy atom. The van der Waals surface area contributed by atoms with E-state index in [4.69, 9.17) is 4.52 Å². The van der Waals surface area contributed by atoms with Gasteiger partial charge >= 0.3 is 0 Å². The van der Waals surface area contributed by atoms with Gasteiger partial charge in [0, 0.05) is 12.7 Å². The number of hydrogen-bond donors (Lipinski definition) is 0. The number of ketones is 1. The zero-order valence-corrected chi connectivity index (χ0v) is 11.9. The van der Waals surface area contributed by atoms with Crippen LogP contribution in [0, 0.1) is 11.6 Å². The van der Waals surface area contributed by atoms with Gasteiger partial charge in [-0.15, -0.1) is 0 Å². The molecule has 20 heavy (non-hydrogen) atoms. The maximum absolute atomic E-state index is 13.4. The van der Waals surface area contributed by atoms with Crippen molar-refractivity contribution in [2.24, 2.45) is 0 Å². The lowest BCUT2D eigenvalue weighted by molar-refractivity contribution is -0.122. The molecule has 1 heterocycles. The van der Waals surface area contributed by atoms with E-state index in [0.717, 1.165) is 6.07 Å². The molecule has 0 fully saturated rings. The summed E-state index contributed by atoms with van der Waals surface area (Å²) in [6.45, 7) is -0.0629. The Labute approximate surface area is 121 Å². The van der Waals surface area contributed by atoms with Crippen LogP contribution in [0.2, 0.25) is 0 Å². The van der Waals surface area contributed by atoms with Crippen molar-refractivity contribution in [2.45, 2.75) is 6.42 Å². The number of ether oxygens (including phenoxy) is 1. The van der Waals surface area contributed by atoms with E-state index in [1.165, 1.54) is 13.2 Å². The third-order valence-electron chi connectivity index (χ3n) is 2.40. The van der Waals surface area contributed by atoms with Gasteiger partial charge in [0.1, 0.15) is 6.61 Å². The standard InChI is InChI=1S/C12H9BrF2N2O3/c1-19-5-6(18)4-9-16-12(17-20-9)7-2-3-8(14)11(15)10(7)13/h2-3H,4-5H2,1H3. The lowest BCUT2D eigenvalue weighted by Crippen LogP contribution is -2.09. The fraction of sp³-hybridized carbons (Fsp3) is 0.250. The number of nitrogens with zero attached hydrogens (tertiary/aromatic N) is 2. The molecule has 0 amide bonds. The van der Waals surface area contributed by atoms with E-state index < -0.39 is 11.6 Å². The lowest BCUT2D eigenvalue weighted by atomic mass is 10.2. The van der Waals surface area contributed by atoms with E-state index in [9.17, 15) is 13.6 Å². The molecule has 0 saturated heterocycles. The lowest BCUT2D eigenvalue weighted by Gasteiger charge is -2.01. The Kier molecular flexibility index (Phi) is 4.56. The van der Waals surface area contributed by atoms with Crippen molar-refractivity contribution in [1.82, 2.24) is 10.1 Å². The van der Waals surface area contributed by atoms with Crippen molar-refractivity contribution in [1.29, 1.82) is 0 Å². The predicted octanol–water partition coefficient (Wildman–Crippen LogP) is 2.54. The van der Waals surface area contributed by atoms with E-state index in [1.807, 2.05) is 0 Å². The molecule has 0 aliphatic heterocycles. The van der Waals surface area contributed by atoms with Gasteiger partial charge in [0.2, 0.25) is 11.7 Å². The Morgan fingerprint density at radius 2 is 2.20 bits per heavy atom. The van der Waals surface area contributed by atoms with Gasteiger partial charge in [0.05, 0.1) is 10.9 Å². The second-order valence-corrected chi connectivity index (χ2v) is 4.68. The largest absolute Gasteiger partial charge is 0.377 e. The summed E-state index contributed by atoms with van der Waals surface area (Å²) in [6.07, 6.45) is -0.0812. The molecule has 0 radical (unpaired) electrons. The molecule has 8 heteroatoms. The summed E-state index contributed by atoms with van der Waals surface area (Å²) in [6, 6.07) is 2.27. The van der Waals surface area contributed by atoms with E-state index in [-0.39, 0.29) is 40.6 Å². The van der Waals surface area contributed by atoms with Crippen molar-refractivity contribution in [3.8, 4) is 11.4 Å². The summed E-state index contributed by atoms with van der Waals surface area (Å²) in [5.41, 5.74) is 0.234. The molecule has 1 aromatic heterocycles. The van der Waals surface area contributed by atoms with Gasteiger partial charge in [-0.25, -0.2) is 8.78 Å². The topological polar surface area (TPSA) is 65.2 Å². The zero-order valence-electron chi connectivity index (χ0n) is 10.3. The number of halogens is 3. The third kappa shape index (κ3) is 3.07. The SMILES string of the molecule is COCC(=O)Cc1nc(-c2ccc(F)c(F)c2Br)no1. The van der Waals surface area contributed by atoms with Crippen LogP contribution in [0.1, 0.15) is 5.89 Å². The average molecular weight is 347 g/mol. The number of aromatic nitrogens is 2. The molecule has 0 saturated carbocycles. The van der Waals surface area contributed by atoms with E-state index in [2.05, 4.69) is 30.8 Å². The fourth-order valence-corrected chi connectivity index (χ4v) is 2.01. The highest BCUT2D eigenvalue weighted by atomic mass is 79.9. The monoisotopic (exact) mass is 346 g/mol. The highest BCUT2D eigenvalue weighted by Crippen LogP contribution is 2.29. The van der Waals surface area contributed by atoms with Crippen molar-refractivity contribution < 1.29 is 22.8 Å². The van der Waals surface area contributed by atoms with Crippen LogP contribution < -0.4 is 0 Å². The molecule has 0 aliphatic rings. The molecule has 0 aliphatic carbocycles.